The molecule has 3 heterocycles. The highest BCUT2D eigenvalue weighted by atomic mass is 16.2. The number of hydrogen-bond donors (Lipinski definition) is 1. The summed E-state index contributed by atoms with van der Waals surface area (Å²) in [4.78, 5) is 18.6. The summed E-state index contributed by atoms with van der Waals surface area (Å²) in [6.07, 6.45) is 1.70. The lowest BCUT2D eigenvalue weighted by Gasteiger charge is -2.26. The largest absolute Gasteiger partial charge is 0.370 e. The monoisotopic (exact) mass is 272 g/mol. The van der Waals surface area contributed by atoms with Crippen molar-refractivity contribution < 1.29 is 4.79 Å². The first-order valence-corrected chi connectivity index (χ1v) is 6.65. The van der Waals surface area contributed by atoms with Gasteiger partial charge in [-0.3, -0.25) is 4.79 Å². The quantitative estimate of drug-likeness (QED) is 0.892. The Hall–Kier alpha value is -2.44. The third-order valence-corrected chi connectivity index (χ3v) is 3.25. The van der Waals surface area contributed by atoms with Gasteiger partial charge in [0.05, 0.1) is 6.54 Å². The second-order valence-corrected chi connectivity index (χ2v) is 4.61. The minimum atomic E-state index is -0.0704. The Kier molecular flexibility index (Phi) is 3.32. The Balaban J connectivity index is 1.78. The van der Waals surface area contributed by atoms with Crippen molar-refractivity contribution in [2.45, 2.75) is 20.0 Å². The maximum atomic E-state index is 12.5. The lowest BCUT2D eigenvalue weighted by molar-refractivity contribution is 0.0701. The zero-order valence-corrected chi connectivity index (χ0v) is 11.3. The molecule has 0 unspecified atom stereocenters. The molecule has 7 heteroatoms. The van der Waals surface area contributed by atoms with Crippen molar-refractivity contribution in [3.8, 4) is 0 Å². The molecule has 1 N–H and O–H groups in total. The van der Waals surface area contributed by atoms with Crippen molar-refractivity contribution in [3.05, 3.63) is 36.0 Å². The number of fused-ring (bicyclic) bond motifs is 1. The van der Waals surface area contributed by atoms with E-state index in [1.54, 1.807) is 17.3 Å². The van der Waals surface area contributed by atoms with Crippen LogP contribution in [0.25, 0.3) is 0 Å². The van der Waals surface area contributed by atoms with E-state index in [9.17, 15) is 4.79 Å². The summed E-state index contributed by atoms with van der Waals surface area (Å²) in [6, 6.07) is 5.43. The smallest absolute Gasteiger partial charge is 0.273 e. The van der Waals surface area contributed by atoms with Crippen LogP contribution in [0.15, 0.2) is 24.5 Å². The zero-order chi connectivity index (χ0) is 13.9. The van der Waals surface area contributed by atoms with E-state index in [0.29, 0.717) is 18.8 Å². The minimum absolute atomic E-state index is 0.0704. The highest BCUT2D eigenvalue weighted by Gasteiger charge is 2.23. The number of nitrogens with zero attached hydrogens (tertiary/aromatic N) is 5. The highest BCUT2D eigenvalue weighted by Crippen LogP contribution is 2.13. The van der Waals surface area contributed by atoms with Crippen LogP contribution in [0.5, 0.6) is 0 Å². The maximum absolute atomic E-state index is 12.5. The van der Waals surface area contributed by atoms with E-state index in [0.717, 1.165) is 24.7 Å². The number of hydrogen-bond acceptors (Lipinski definition) is 5. The average Bonchev–Trinajstić information content (AvgIpc) is 2.94. The topological polar surface area (TPSA) is 75.9 Å². The molecule has 1 aliphatic rings. The van der Waals surface area contributed by atoms with Gasteiger partial charge in [0.1, 0.15) is 17.8 Å². The van der Waals surface area contributed by atoms with Crippen LogP contribution in [0.4, 0.5) is 5.82 Å². The molecule has 2 aromatic rings. The summed E-state index contributed by atoms with van der Waals surface area (Å²) >= 11 is 0. The summed E-state index contributed by atoms with van der Waals surface area (Å²) in [6.45, 7) is 4.62. The molecule has 0 spiro atoms. The van der Waals surface area contributed by atoms with Crippen LogP contribution in [0.1, 0.15) is 23.2 Å². The van der Waals surface area contributed by atoms with Gasteiger partial charge in [0.15, 0.2) is 5.82 Å². The number of amides is 1. The van der Waals surface area contributed by atoms with Gasteiger partial charge in [0.25, 0.3) is 5.91 Å². The SMILES string of the molecule is CCNc1cccc(C(=O)N2CCn3cnnc3C2)n1. The standard InChI is InChI=1S/C13H16N6O/c1-2-14-11-5-3-4-10(16-11)13(20)18-6-7-19-9-15-17-12(19)8-18/h3-5,9H,2,6-8H2,1H3,(H,14,16). The molecule has 104 valence electrons. The van der Waals surface area contributed by atoms with Crippen LogP contribution in [-0.4, -0.2) is 43.6 Å². The highest BCUT2D eigenvalue weighted by molar-refractivity contribution is 5.92. The van der Waals surface area contributed by atoms with Crippen molar-refractivity contribution >= 4 is 11.7 Å². The van der Waals surface area contributed by atoms with E-state index >= 15 is 0 Å². The minimum Gasteiger partial charge on any atom is -0.370 e. The molecule has 0 saturated heterocycles. The normalized spacial score (nSPS) is 13.9. The number of anilines is 1. The first-order valence-electron chi connectivity index (χ1n) is 6.65. The molecule has 0 fully saturated rings. The van der Waals surface area contributed by atoms with E-state index < -0.39 is 0 Å². The van der Waals surface area contributed by atoms with Crippen LogP contribution in [0.3, 0.4) is 0 Å². The Morgan fingerprint density at radius 1 is 1.40 bits per heavy atom. The van der Waals surface area contributed by atoms with Gasteiger partial charge in [0, 0.05) is 19.6 Å². The fourth-order valence-electron chi connectivity index (χ4n) is 2.24. The maximum Gasteiger partial charge on any atom is 0.273 e. The van der Waals surface area contributed by atoms with E-state index in [-0.39, 0.29) is 5.91 Å². The predicted molar refractivity (Wildman–Crippen MR) is 73.2 cm³/mol. The Morgan fingerprint density at radius 3 is 3.15 bits per heavy atom. The molecular weight excluding hydrogens is 256 g/mol. The van der Waals surface area contributed by atoms with Crippen LogP contribution >= 0.6 is 0 Å². The van der Waals surface area contributed by atoms with E-state index in [1.165, 1.54) is 0 Å². The van der Waals surface area contributed by atoms with Crippen molar-refractivity contribution in [1.29, 1.82) is 0 Å². The molecule has 1 amide bonds. The molecule has 0 atom stereocenters. The predicted octanol–water partition coefficient (Wildman–Crippen LogP) is 0.761. The molecule has 0 aromatic carbocycles. The van der Waals surface area contributed by atoms with Gasteiger partial charge in [-0.1, -0.05) is 6.07 Å². The molecule has 7 nitrogen and oxygen atoms in total. The van der Waals surface area contributed by atoms with Crippen molar-refractivity contribution in [3.63, 3.8) is 0 Å². The summed E-state index contributed by atoms with van der Waals surface area (Å²) in [7, 11) is 0. The summed E-state index contributed by atoms with van der Waals surface area (Å²) in [5.41, 5.74) is 0.455. The van der Waals surface area contributed by atoms with Gasteiger partial charge in [-0.15, -0.1) is 10.2 Å². The van der Waals surface area contributed by atoms with Crippen LogP contribution in [-0.2, 0) is 13.1 Å². The van der Waals surface area contributed by atoms with Gasteiger partial charge in [0.2, 0.25) is 0 Å². The first-order chi connectivity index (χ1) is 9.78. The lowest BCUT2D eigenvalue weighted by Crippen LogP contribution is -2.38. The molecule has 3 rings (SSSR count). The Morgan fingerprint density at radius 2 is 2.30 bits per heavy atom. The fourth-order valence-corrected chi connectivity index (χ4v) is 2.24. The van der Waals surface area contributed by atoms with Crippen molar-refractivity contribution in [2.24, 2.45) is 0 Å². The van der Waals surface area contributed by atoms with Crippen molar-refractivity contribution in [2.75, 3.05) is 18.4 Å². The summed E-state index contributed by atoms with van der Waals surface area (Å²) < 4.78 is 1.96. The molecule has 1 aliphatic heterocycles. The molecule has 0 saturated carbocycles. The van der Waals surface area contributed by atoms with E-state index in [4.69, 9.17) is 0 Å². The van der Waals surface area contributed by atoms with Crippen LogP contribution < -0.4 is 5.32 Å². The molecule has 2 aromatic heterocycles. The van der Waals surface area contributed by atoms with Gasteiger partial charge in [-0.05, 0) is 19.1 Å². The van der Waals surface area contributed by atoms with E-state index in [2.05, 4.69) is 20.5 Å². The number of aromatic nitrogens is 4. The van der Waals surface area contributed by atoms with Crippen LogP contribution in [0, 0.1) is 0 Å². The van der Waals surface area contributed by atoms with Gasteiger partial charge < -0.3 is 14.8 Å². The second kappa shape index (κ2) is 5.28. The number of nitrogens with one attached hydrogen (secondary N) is 1. The molecule has 0 bridgehead atoms. The lowest BCUT2D eigenvalue weighted by atomic mass is 10.2. The summed E-state index contributed by atoms with van der Waals surface area (Å²) in [5.74, 6) is 1.46. The van der Waals surface area contributed by atoms with Gasteiger partial charge >= 0.3 is 0 Å². The second-order valence-electron chi connectivity index (χ2n) is 4.61. The van der Waals surface area contributed by atoms with Crippen molar-refractivity contribution in [1.82, 2.24) is 24.6 Å². The first kappa shape index (κ1) is 12.6. The van der Waals surface area contributed by atoms with E-state index in [1.807, 2.05) is 23.6 Å². The molecule has 20 heavy (non-hydrogen) atoms. The third-order valence-electron chi connectivity index (χ3n) is 3.25. The Labute approximate surface area is 116 Å². The molecular formula is C13H16N6O. The number of rotatable bonds is 3. The zero-order valence-electron chi connectivity index (χ0n) is 11.3. The number of carbonyl (C=O) groups is 1. The molecule has 0 radical (unpaired) electrons. The van der Waals surface area contributed by atoms with Crippen LogP contribution in [0.2, 0.25) is 0 Å². The third kappa shape index (κ3) is 2.34. The number of pyridine rings is 1. The molecule has 0 aliphatic carbocycles. The summed E-state index contributed by atoms with van der Waals surface area (Å²) in [5, 5.41) is 11.0. The van der Waals surface area contributed by atoms with Gasteiger partial charge in [-0.2, -0.15) is 0 Å². The average molecular weight is 272 g/mol. The fraction of sp³-hybridized carbons (Fsp3) is 0.385. The number of carbonyl (C=O) groups excluding carboxylic acids is 1. The van der Waals surface area contributed by atoms with Gasteiger partial charge in [-0.25, -0.2) is 4.98 Å². The Bertz CT molecular complexity index is 623.